The fraction of sp³-hybridized carbons (Fsp3) is 0.690. The number of phosphoric acid groups is 1. The zero-order valence-corrected chi connectivity index (χ0v) is 33.9. The van der Waals surface area contributed by atoms with Gasteiger partial charge in [0.2, 0.25) is 0 Å². The second-order valence-electron chi connectivity index (χ2n) is 13.9. The molecular weight excluding hydrogens is 661 g/mol. The van der Waals surface area contributed by atoms with Gasteiger partial charge in [-0.2, -0.15) is 0 Å². The third-order valence-electron chi connectivity index (χ3n) is 7.76. The first kappa shape index (κ1) is 48.9. The molecule has 0 aromatic carbocycles. The highest BCUT2D eigenvalue weighted by Crippen LogP contribution is 2.38. The van der Waals surface area contributed by atoms with Crippen molar-refractivity contribution in [2.24, 2.45) is 0 Å². The highest BCUT2D eigenvalue weighted by atomic mass is 31.2. The van der Waals surface area contributed by atoms with Crippen molar-refractivity contribution in [2.45, 2.75) is 136 Å². The number of likely N-dealkylation sites (N-methyl/N-ethyl adjacent to an activating group) is 1. The van der Waals surface area contributed by atoms with Gasteiger partial charge in [0.25, 0.3) is 7.82 Å². The van der Waals surface area contributed by atoms with Crippen molar-refractivity contribution < 1.29 is 37.3 Å². The number of allylic oxidation sites excluding steroid dienone is 11. The molecule has 0 rings (SSSR count). The zero-order chi connectivity index (χ0) is 37.7. The molecule has 0 saturated heterocycles. The quantitative estimate of drug-likeness (QED) is 0.0210. The van der Waals surface area contributed by atoms with Gasteiger partial charge in [-0.15, -0.1) is 0 Å². The minimum atomic E-state index is -4.54. The number of hydrogen-bond acceptors (Lipinski definition) is 7. The normalized spacial score (nSPS) is 14.7. The Hall–Kier alpha value is -2.06. The van der Waals surface area contributed by atoms with Crippen molar-refractivity contribution in [3.05, 3.63) is 72.9 Å². The van der Waals surface area contributed by atoms with Gasteiger partial charge in [0.1, 0.15) is 19.3 Å². The predicted molar refractivity (Wildman–Crippen MR) is 212 cm³/mol. The molecule has 0 saturated carbocycles. The second kappa shape index (κ2) is 35.0. The maximum absolute atomic E-state index is 12.6. The molecule has 0 aromatic heterocycles. The molecule has 8 nitrogen and oxygen atoms in total. The lowest BCUT2D eigenvalue weighted by Crippen LogP contribution is -2.37. The Morgan fingerprint density at radius 2 is 1.14 bits per heavy atom. The van der Waals surface area contributed by atoms with Crippen molar-refractivity contribution >= 4 is 13.8 Å². The molecule has 2 unspecified atom stereocenters. The Morgan fingerprint density at radius 3 is 1.71 bits per heavy atom. The summed E-state index contributed by atoms with van der Waals surface area (Å²) in [5, 5.41) is 0. The van der Waals surface area contributed by atoms with E-state index in [1.807, 2.05) is 27.2 Å². The molecule has 0 aromatic rings. The van der Waals surface area contributed by atoms with Gasteiger partial charge in [0.05, 0.1) is 41.0 Å². The van der Waals surface area contributed by atoms with E-state index in [2.05, 4.69) is 80.7 Å². The molecule has 294 valence electrons. The van der Waals surface area contributed by atoms with E-state index in [1.54, 1.807) is 0 Å². The van der Waals surface area contributed by atoms with Gasteiger partial charge in [0.15, 0.2) is 0 Å². The first-order chi connectivity index (χ1) is 24.6. The van der Waals surface area contributed by atoms with Crippen molar-refractivity contribution in [1.82, 2.24) is 0 Å². The molecule has 0 spiro atoms. The molecule has 0 amide bonds. The number of unbranched alkanes of at least 4 members (excludes halogenated alkanes) is 9. The maximum Gasteiger partial charge on any atom is 0.306 e. The summed E-state index contributed by atoms with van der Waals surface area (Å²) in [5.41, 5.74) is 0. The molecule has 0 aliphatic heterocycles. The van der Waals surface area contributed by atoms with Crippen molar-refractivity contribution in [1.29, 1.82) is 0 Å². The molecule has 0 heterocycles. The summed E-state index contributed by atoms with van der Waals surface area (Å²) in [5.74, 6) is -0.372. The number of quaternary nitrogens is 1. The molecule has 0 N–H and O–H groups in total. The van der Waals surface area contributed by atoms with Crippen LogP contribution in [0.15, 0.2) is 72.9 Å². The van der Waals surface area contributed by atoms with Crippen molar-refractivity contribution in [2.75, 3.05) is 54.1 Å². The van der Waals surface area contributed by atoms with Gasteiger partial charge in [-0.25, -0.2) is 0 Å². The van der Waals surface area contributed by atoms with Crippen LogP contribution in [0, 0.1) is 0 Å². The number of carbonyl (C=O) groups excluding carboxylic acids is 1. The smallest absolute Gasteiger partial charge is 0.306 e. The minimum Gasteiger partial charge on any atom is -0.756 e. The van der Waals surface area contributed by atoms with Crippen LogP contribution >= 0.6 is 7.82 Å². The van der Waals surface area contributed by atoms with E-state index in [0.717, 1.165) is 64.2 Å². The second-order valence-corrected chi connectivity index (χ2v) is 15.3. The molecule has 0 fully saturated rings. The molecule has 0 aliphatic rings. The third kappa shape index (κ3) is 39.0. The van der Waals surface area contributed by atoms with E-state index >= 15 is 0 Å². The number of phosphoric ester groups is 1. The molecule has 0 bridgehead atoms. The van der Waals surface area contributed by atoms with Gasteiger partial charge in [-0.05, 0) is 70.6 Å². The summed E-state index contributed by atoms with van der Waals surface area (Å²) in [6.07, 6.45) is 43.6. The average molecular weight is 736 g/mol. The van der Waals surface area contributed by atoms with Crippen molar-refractivity contribution in [3.8, 4) is 0 Å². The fourth-order valence-electron chi connectivity index (χ4n) is 4.72. The van der Waals surface area contributed by atoms with Crippen LogP contribution < -0.4 is 4.89 Å². The summed E-state index contributed by atoms with van der Waals surface area (Å²) in [6.45, 7) is 5.01. The highest BCUT2D eigenvalue weighted by Gasteiger charge is 2.20. The predicted octanol–water partition coefficient (Wildman–Crippen LogP) is 10.5. The third-order valence-corrected chi connectivity index (χ3v) is 8.73. The Labute approximate surface area is 312 Å². The zero-order valence-electron chi connectivity index (χ0n) is 33.0. The molecule has 51 heavy (non-hydrogen) atoms. The fourth-order valence-corrected chi connectivity index (χ4v) is 5.45. The summed E-state index contributed by atoms with van der Waals surface area (Å²) < 4.78 is 34.3. The maximum atomic E-state index is 12.6. The van der Waals surface area contributed by atoms with E-state index in [0.29, 0.717) is 24.1 Å². The molecule has 0 radical (unpaired) electrons. The summed E-state index contributed by atoms with van der Waals surface area (Å²) in [6, 6.07) is 0. The topological polar surface area (TPSA) is 94.1 Å². The number of hydrogen-bond donors (Lipinski definition) is 0. The Morgan fingerprint density at radius 1 is 0.627 bits per heavy atom. The SMILES string of the molecule is CC/C=C\C/C=C\C/C=C\C/C=C\C/C=C\CCOCC(COP(=O)([O-])OCC[N+](C)(C)C)OC(=O)CCCCCCC/C=C\CCCCCC. The van der Waals surface area contributed by atoms with Crippen LogP contribution in [0.1, 0.15) is 129 Å². The molecule has 2 atom stereocenters. The van der Waals surface area contributed by atoms with Crippen LogP contribution in [0.2, 0.25) is 0 Å². The van der Waals surface area contributed by atoms with Crippen LogP contribution in [-0.2, 0) is 27.9 Å². The number of carbonyl (C=O) groups is 1. The lowest BCUT2D eigenvalue weighted by atomic mass is 10.1. The van der Waals surface area contributed by atoms with Gasteiger partial charge in [-0.3, -0.25) is 9.36 Å². The van der Waals surface area contributed by atoms with Crippen LogP contribution in [0.3, 0.4) is 0 Å². The molecule has 0 aliphatic carbocycles. The first-order valence-corrected chi connectivity index (χ1v) is 21.1. The van der Waals surface area contributed by atoms with E-state index in [9.17, 15) is 14.3 Å². The van der Waals surface area contributed by atoms with Crippen LogP contribution in [0.25, 0.3) is 0 Å². The lowest BCUT2D eigenvalue weighted by Gasteiger charge is -2.28. The summed E-state index contributed by atoms with van der Waals surface area (Å²) in [7, 11) is 1.29. The van der Waals surface area contributed by atoms with Crippen LogP contribution in [-0.4, -0.2) is 70.7 Å². The van der Waals surface area contributed by atoms with Gasteiger partial charge in [-0.1, -0.05) is 125 Å². The monoisotopic (exact) mass is 736 g/mol. The summed E-state index contributed by atoms with van der Waals surface area (Å²) in [4.78, 5) is 24.9. The summed E-state index contributed by atoms with van der Waals surface area (Å²) >= 11 is 0. The minimum absolute atomic E-state index is 0.00775. The largest absolute Gasteiger partial charge is 0.756 e. The van der Waals surface area contributed by atoms with E-state index < -0.39 is 13.9 Å². The van der Waals surface area contributed by atoms with Crippen LogP contribution in [0.4, 0.5) is 0 Å². The number of nitrogens with zero attached hydrogens (tertiary/aromatic N) is 1. The van der Waals surface area contributed by atoms with E-state index in [4.69, 9.17) is 18.5 Å². The Kier molecular flexibility index (Phi) is 33.6. The lowest BCUT2D eigenvalue weighted by molar-refractivity contribution is -0.870. The van der Waals surface area contributed by atoms with E-state index in [-0.39, 0.29) is 32.2 Å². The highest BCUT2D eigenvalue weighted by molar-refractivity contribution is 7.45. The molecular formula is C42H74NO7P. The standard InChI is InChI=1S/C42H74NO7P/c1-6-8-10-12-14-16-18-20-21-22-24-26-28-30-32-34-37-47-39-41(40-49-51(45,46)48-38-36-43(3,4)5)50-42(44)35-33-31-29-27-25-23-19-17-15-13-11-9-7-2/h8,10,14,16-17,19-21,24,26,30,32,41H,6-7,9,11-13,15,18,22-23,25,27-29,31,33-40H2,1-5H3/b10-8-,16-14-,19-17-,21-20-,26-24-,32-30-. The average Bonchev–Trinajstić information content (AvgIpc) is 3.08. The number of ether oxygens (including phenoxy) is 2. The van der Waals surface area contributed by atoms with Crippen LogP contribution in [0.5, 0.6) is 0 Å². The van der Waals surface area contributed by atoms with Gasteiger partial charge >= 0.3 is 5.97 Å². The number of esters is 1. The molecule has 9 heteroatoms. The van der Waals surface area contributed by atoms with Gasteiger partial charge in [0, 0.05) is 6.42 Å². The van der Waals surface area contributed by atoms with Gasteiger partial charge < -0.3 is 27.9 Å². The van der Waals surface area contributed by atoms with E-state index in [1.165, 1.54) is 38.5 Å². The number of rotatable bonds is 35. The Bertz CT molecular complexity index is 1040. The Balaban J connectivity index is 4.45. The first-order valence-electron chi connectivity index (χ1n) is 19.7. The van der Waals surface area contributed by atoms with Crippen molar-refractivity contribution in [3.63, 3.8) is 0 Å².